The van der Waals surface area contributed by atoms with Crippen molar-refractivity contribution in [2.75, 3.05) is 18.2 Å². The number of methoxy groups -OCH3 is 1. The largest absolute Gasteiger partial charge is 0.495 e. The monoisotopic (exact) mass is 294 g/mol. The van der Waals surface area contributed by atoms with E-state index in [0.29, 0.717) is 17.1 Å². The summed E-state index contributed by atoms with van der Waals surface area (Å²) in [6.45, 7) is 0. The number of ether oxygens (including phenoxy) is 1. The van der Waals surface area contributed by atoms with E-state index in [4.69, 9.17) is 22.1 Å². The minimum atomic E-state index is -0.644. The molecule has 6 heteroatoms. The van der Waals surface area contributed by atoms with Crippen molar-refractivity contribution in [2.45, 2.75) is 0 Å². The highest BCUT2D eigenvalue weighted by Gasteiger charge is 2.10. The van der Waals surface area contributed by atoms with Crippen LogP contribution in [0.15, 0.2) is 36.4 Å². The van der Waals surface area contributed by atoms with Crippen LogP contribution in [0.4, 0.5) is 15.8 Å². The number of benzene rings is 2. The minimum absolute atomic E-state index is 0.0318. The molecule has 0 bridgehead atoms. The lowest BCUT2D eigenvalue weighted by Gasteiger charge is -2.09. The molecule has 0 aromatic heterocycles. The Morgan fingerprint density at radius 1 is 1.30 bits per heavy atom. The van der Waals surface area contributed by atoms with Gasteiger partial charge in [0.15, 0.2) is 0 Å². The molecule has 20 heavy (non-hydrogen) atoms. The lowest BCUT2D eigenvalue weighted by molar-refractivity contribution is 0.102. The zero-order valence-corrected chi connectivity index (χ0v) is 11.4. The molecule has 0 radical (unpaired) electrons. The lowest BCUT2D eigenvalue weighted by atomic mass is 10.2. The molecule has 0 spiro atoms. The first-order valence-corrected chi connectivity index (χ1v) is 6.09. The van der Waals surface area contributed by atoms with Gasteiger partial charge in [-0.05, 0) is 30.3 Å². The van der Waals surface area contributed by atoms with Crippen LogP contribution in [-0.2, 0) is 0 Å². The second-order valence-corrected chi connectivity index (χ2v) is 4.45. The second kappa shape index (κ2) is 5.79. The van der Waals surface area contributed by atoms with Crippen molar-refractivity contribution < 1.29 is 13.9 Å². The van der Waals surface area contributed by atoms with Crippen molar-refractivity contribution in [3.05, 3.63) is 52.8 Å². The molecule has 0 heterocycles. The number of carbonyl (C=O) groups is 1. The van der Waals surface area contributed by atoms with Crippen LogP contribution in [0.3, 0.4) is 0 Å². The van der Waals surface area contributed by atoms with Gasteiger partial charge < -0.3 is 15.8 Å². The van der Waals surface area contributed by atoms with Crippen LogP contribution in [0.1, 0.15) is 10.4 Å². The van der Waals surface area contributed by atoms with Crippen LogP contribution in [0.5, 0.6) is 5.75 Å². The third-order valence-electron chi connectivity index (χ3n) is 2.67. The Balaban J connectivity index is 2.21. The predicted octanol–water partition coefficient (Wildman–Crippen LogP) is 3.32. The molecule has 2 rings (SSSR count). The maximum Gasteiger partial charge on any atom is 0.255 e. The van der Waals surface area contributed by atoms with E-state index in [0.717, 1.165) is 6.07 Å². The maximum absolute atomic E-state index is 13.3. The fourth-order valence-electron chi connectivity index (χ4n) is 1.63. The SMILES string of the molecule is COc1cc(NC(=O)c2ccc(Cl)c(F)c2)ccc1N. The van der Waals surface area contributed by atoms with E-state index in [-0.39, 0.29) is 10.6 Å². The number of nitrogen functional groups attached to an aromatic ring is 1. The second-order valence-electron chi connectivity index (χ2n) is 4.04. The van der Waals surface area contributed by atoms with Crippen LogP contribution in [-0.4, -0.2) is 13.0 Å². The van der Waals surface area contributed by atoms with Gasteiger partial charge in [-0.15, -0.1) is 0 Å². The third kappa shape index (κ3) is 3.00. The quantitative estimate of drug-likeness (QED) is 0.854. The topological polar surface area (TPSA) is 64.3 Å². The third-order valence-corrected chi connectivity index (χ3v) is 2.98. The first-order valence-electron chi connectivity index (χ1n) is 5.71. The number of rotatable bonds is 3. The number of carbonyl (C=O) groups excluding carboxylic acids is 1. The van der Waals surface area contributed by atoms with Gasteiger partial charge in [0.1, 0.15) is 11.6 Å². The highest BCUT2D eigenvalue weighted by molar-refractivity contribution is 6.30. The van der Waals surface area contributed by atoms with Crippen molar-refractivity contribution in [2.24, 2.45) is 0 Å². The summed E-state index contributed by atoms with van der Waals surface area (Å²) in [6, 6.07) is 8.66. The van der Waals surface area contributed by atoms with E-state index in [2.05, 4.69) is 5.32 Å². The molecule has 104 valence electrons. The Morgan fingerprint density at radius 3 is 2.70 bits per heavy atom. The average molecular weight is 295 g/mol. The van der Waals surface area contributed by atoms with Crippen LogP contribution >= 0.6 is 11.6 Å². The molecule has 2 aromatic rings. The number of halogens is 2. The molecule has 0 saturated heterocycles. The Bertz CT molecular complexity index is 662. The number of nitrogens with two attached hydrogens (primary N) is 1. The number of hydrogen-bond acceptors (Lipinski definition) is 3. The van der Waals surface area contributed by atoms with Gasteiger partial charge >= 0.3 is 0 Å². The zero-order chi connectivity index (χ0) is 14.7. The van der Waals surface area contributed by atoms with Gasteiger partial charge in [-0.1, -0.05) is 11.6 Å². The lowest BCUT2D eigenvalue weighted by Crippen LogP contribution is -2.12. The van der Waals surface area contributed by atoms with Crippen LogP contribution in [0, 0.1) is 5.82 Å². The Kier molecular flexibility index (Phi) is 4.10. The number of anilines is 2. The van der Waals surface area contributed by atoms with Crippen molar-refractivity contribution in [1.29, 1.82) is 0 Å². The normalized spacial score (nSPS) is 10.2. The van der Waals surface area contributed by atoms with E-state index >= 15 is 0 Å². The van der Waals surface area contributed by atoms with Crippen molar-refractivity contribution in [1.82, 2.24) is 0 Å². The van der Waals surface area contributed by atoms with Gasteiger partial charge in [0.05, 0.1) is 17.8 Å². The smallest absolute Gasteiger partial charge is 0.255 e. The first-order chi connectivity index (χ1) is 9.51. The van der Waals surface area contributed by atoms with Gasteiger partial charge in [-0.25, -0.2) is 4.39 Å². The molecule has 0 aliphatic heterocycles. The number of hydrogen-bond donors (Lipinski definition) is 2. The molecule has 2 aromatic carbocycles. The molecule has 0 aliphatic rings. The van der Waals surface area contributed by atoms with Gasteiger partial charge in [0.25, 0.3) is 5.91 Å². The molecule has 0 aliphatic carbocycles. The summed E-state index contributed by atoms with van der Waals surface area (Å²) in [5, 5.41) is 2.59. The highest BCUT2D eigenvalue weighted by atomic mass is 35.5. The average Bonchev–Trinajstić information content (AvgIpc) is 2.43. The van der Waals surface area contributed by atoms with E-state index in [1.807, 2.05) is 0 Å². The van der Waals surface area contributed by atoms with E-state index in [9.17, 15) is 9.18 Å². The van der Waals surface area contributed by atoms with E-state index in [1.165, 1.54) is 19.2 Å². The van der Waals surface area contributed by atoms with E-state index in [1.54, 1.807) is 18.2 Å². The van der Waals surface area contributed by atoms with Gasteiger partial charge in [-0.2, -0.15) is 0 Å². The minimum Gasteiger partial charge on any atom is -0.495 e. The fraction of sp³-hybridized carbons (Fsp3) is 0.0714. The molecule has 0 atom stereocenters. The molecule has 0 fully saturated rings. The standard InChI is InChI=1S/C14H12ClFN2O2/c1-20-13-7-9(3-5-12(13)17)18-14(19)8-2-4-10(15)11(16)6-8/h2-7H,17H2,1H3,(H,18,19). The van der Waals surface area contributed by atoms with Crippen molar-refractivity contribution in [3.8, 4) is 5.75 Å². The molecule has 0 unspecified atom stereocenters. The summed E-state index contributed by atoms with van der Waals surface area (Å²) in [7, 11) is 1.48. The van der Waals surface area contributed by atoms with Crippen molar-refractivity contribution in [3.63, 3.8) is 0 Å². The summed E-state index contributed by atoms with van der Waals surface area (Å²) in [6.07, 6.45) is 0. The zero-order valence-electron chi connectivity index (χ0n) is 10.6. The molecular formula is C14H12ClFN2O2. The Morgan fingerprint density at radius 2 is 2.05 bits per heavy atom. The predicted molar refractivity (Wildman–Crippen MR) is 76.8 cm³/mol. The highest BCUT2D eigenvalue weighted by Crippen LogP contribution is 2.25. The summed E-state index contributed by atoms with van der Waals surface area (Å²) in [4.78, 5) is 12.0. The summed E-state index contributed by atoms with van der Waals surface area (Å²) < 4.78 is 18.4. The van der Waals surface area contributed by atoms with Crippen LogP contribution in [0.2, 0.25) is 5.02 Å². The summed E-state index contributed by atoms with van der Waals surface area (Å²) in [5.74, 6) is -0.647. The number of nitrogens with one attached hydrogen (secondary N) is 1. The van der Waals surface area contributed by atoms with Crippen molar-refractivity contribution >= 4 is 28.9 Å². The Labute approximate surface area is 120 Å². The fourth-order valence-corrected chi connectivity index (χ4v) is 1.75. The summed E-state index contributed by atoms with van der Waals surface area (Å²) in [5.41, 5.74) is 6.80. The Hall–Kier alpha value is -2.27. The van der Waals surface area contributed by atoms with Crippen LogP contribution < -0.4 is 15.8 Å². The molecule has 4 nitrogen and oxygen atoms in total. The van der Waals surface area contributed by atoms with Gasteiger partial charge in [0, 0.05) is 17.3 Å². The summed E-state index contributed by atoms with van der Waals surface area (Å²) >= 11 is 5.57. The maximum atomic E-state index is 13.3. The molecular weight excluding hydrogens is 283 g/mol. The first kappa shape index (κ1) is 14.1. The van der Waals surface area contributed by atoms with Crippen LogP contribution in [0.25, 0.3) is 0 Å². The molecule has 3 N–H and O–H groups in total. The van der Waals surface area contributed by atoms with Gasteiger partial charge in [-0.3, -0.25) is 4.79 Å². The molecule has 1 amide bonds. The van der Waals surface area contributed by atoms with Gasteiger partial charge in [0.2, 0.25) is 0 Å². The van der Waals surface area contributed by atoms with E-state index < -0.39 is 11.7 Å². The number of amides is 1. The molecule has 0 saturated carbocycles.